The number of carbonyl (C=O) groups is 2. The van der Waals surface area contributed by atoms with Crippen molar-refractivity contribution in [3.63, 3.8) is 0 Å². The summed E-state index contributed by atoms with van der Waals surface area (Å²) in [7, 11) is 0. The van der Waals surface area contributed by atoms with E-state index in [4.69, 9.17) is 10.4 Å². The van der Waals surface area contributed by atoms with Gasteiger partial charge in [0.05, 0.1) is 12.5 Å². The summed E-state index contributed by atoms with van der Waals surface area (Å²) in [4.78, 5) is 27.4. The van der Waals surface area contributed by atoms with E-state index < -0.39 is 18.6 Å². The Morgan fingerprint density at radius 3 is 2.62 bits per heavy atom. The number of rotatable bonds is 6. The summed E-state index contributed by atoms with van der Waals surface area (Å²) in [6.07, 6.45) is 0.213. The molecule has 0 unspecified atom stereocenters. The minimum atomic E-state index is -1.17. The third kappa shape index (κ3) is 5.82. The van der Waals surface area contributed by atoms with Crippen LogP contribution in [0.3, 0.4) is 0 Å². The number of hydrogen-bond acceptors (Lipinski definition) is 4. The summed E-state index contributed by atoms with van der Waals surface area (Å²) in [6, 6.07) is 1.28. The van der Waals surface area contributed by atoms with Crippen LogP contribution in [-0.4, -0.2) is 41.2 Å². The highest BCUT2D eigenvalue weighted by Crippen LogP contribution is 2.00. The van der Waals surface area contributed by atoms with E-state index in [-0.39, 0.29) is 19.0 Å². The zero-order chi connectivity index (χ0) is 12.6. The van der Waals surface area contributed by atoms with Gasteiger partial charge in [-0.1, -0.05) is 0 Å². The van der Waals surface area contributed by atoms with Crippen LogP contribution >= 0.6 is 0 Å². The second-order valence-electron chi connectivity index (χ2n) is 3.28. The Bertz CT molecular complexity index is 285. The number of carboxylic acid groups (broad SMARTS) is 1. The Morgan fingerprint density at radius 1 is 1.56 bits per heavy atom. The van der Waals surface area contributed by atoms with Gasteiger partial charge >= 0.3 is 12.0 Å². The van der Waals surface area contributed by atoms with E-state index in [0.717, 1.165) is 0 Å². The van der Waals surface area contributed by atoms with Gasteiger partial charge in [-0.25, -0.2) is 15.1 Å². The van der Waals surface area contributed by atoms with Gasteiger partial charge in [-0.05, 0) is 13.8 Å². The van der Waals surface area contributed by atoms with E-state index in [1.165, 1.54) is 4.90 Å². The first kappa shape index (κ1) is 14.2. The number of nitrogens with one attached hydrogen (secondary N) is 1. The summed E-state index contributed by atoms with van der Waals surface area (Å²) in [5.41, 5.74) is 2.00. The van der Waals surface area contributed by atoms with Crippen LogP contribution in [-0.2, 0) is 9.63 Å². The van der Waals surface area contributed by atoms with Crippen molar-refractivity contribution in [1.29, 1.82) is 5.26 Å². The highest BCUT2D eigenvalue weighted by atomic mass is 16.7. The van der Waals surface area contributed by atoms with Gasteiger partial charge < -0.3 is 10.0 Å². The third-order valence-corrected chi connectivity index (χ3v) is 1.70. The average Bonchev–Trinajstić information content (AvgIpc) is 2.17. The minimum absolute atomic E-state index is 0.0956. The summed E-state index contributed by atoms with van der Waals surface area (Å²) in [6.45, 7) is 3.24. The van der Waals surface area contributed by atoms with Crippen LogP contribution in [0.25, 0.3) is 0 Å². The smallest absolute Gasteiger partial charge is 0.341 e. The van der Waals surface area contributed by atoms with Crippen molar-refractivity contribution in [2.75, 3.05) is 13.2 Å². The van der Waals surface area contributed by atoms with Gasteiger partial charge in [0.15, 0.2) is 6.61 Å². The number of nitriles is 1. The van der Waals surface area contributed by atoms with Crippen molar-refractivity contribution >= 4 is 12.0 Å². The van der Waals surface area contributed by atoms with E-state index in [1.54, 1.807) is 13.8 Å². The fourth-order valence-corrected chi connectivity index (χ4v) is 0.983. The van der Waals surface area contributed by atoms with Crippen molar-refractivity contribution in [3.8, 4) is 6.07 Å². The molecule has 0 aliphatic heterocycles. The maximum atomic E-state index is 11.5. The Morgan fingerprint density at radius 2 is 2.19 bits per heavy atom. The summed E-state index contributed by atoms with van der Waals surface area (Å²) in [5.74, 6) is -1.17. The zero-order valence-corrected chi connectivity index (χ0v) is 9.27. The first-order chi connectivity index (χ1) is 7.49. The number of amides is 2. The number of carbonyl (C=O) groups excluding carboxylic acids is 1. The predicted octanol–water partition coefficient (Wildman–Crippen LogP) is 0.336. The molecule has 90 valence electrons. The summed E-state index contributed by atoms with van der Waals surface area (Å²) < 4.78 is 0. The first-order valence-electron chi connectivity index (χ1n) is 4.76. The molecule has 2 amide bonds. The molecule has 2 N–H and O–H groups in total. The maximum absolute atomic E-state index is 11.5. The molecule has 0 radical (unpaired) electrons. The Labute approximate surface area is 93.5 Å². The molecular formula is C9H15N3O4. The highest BCUT2D eigenvalue weighted by Gasteiger charge is 2.16. The fourth-order valence-electron chi connectivity index (χ4n) is 0.983. The number of carboxylic acids is 1. The Balaban J connectivity index is 4.07. The van der Waals surface area contributed by atoms with Gasteiger partial charge in [-0.15, -0.1) is 0 Å². The Hall–Kier alpha value is -1.81. The number of nitrogens with zero attached hydrogens (tertiary/aromatic N) is 2. The first-order valence-corrected chi connectivity index (χ1v) is 4.76. The van der Waals surface area contributed by atoms with E-state index in [9.17, 15) is 9.59 Å². The normalized spacial score (nSPS) is 9.62. The topological polar surface area (TPSA) is 103 Å². The fraction of sp³-hybridized carbons (Fsp3) is 0.667. The molecule has 0 bridgehead atoms. The maximum Gasteiger partial charge on any atom is 0.341 e. The molecule has 0 atom stereocenters. The molecule has 0 saturated heterocycles. The molecule has 0 fully saturated rings. The quantitative estimate of drug-likeness (QED) is 0.639. The van der Waals surface area contributed by atoms with Crippen LogP contribution < -0.4 is 5.48 Å². The van der Waals surface area contributed by atoms with Crippen molar-refractivity contribution in [2.45, 2.75) is 26.3 Å². The standard InChI is InChI=1S/C9H15N3O4/c1-7(2)12(5-3-4-10)9(15)11-16-6-8(13)14/h7H,3,5-6H2,1-2H3,(H,11,15)(H,13,14). The van der Waals surface area contributed by atoms with Crippen LogP contribution in [0.1, 0.15) is 20.3 Å². The van der Waals surface area contributed by atoms with E-state index in [2.05, 4.69) is 4.84 Å². The number of hydrogen-bond donors (Lipinski definition) is 2. The molecule has 0 aliphatic rings. The molecule has 0 aromatic rings. The molecule has 0 heterocycles. The largest absolute Gasteiger partial charge is 0.479 e. The highest BCUT2D eigenvalue weighted by molar-refractivity contribution is 5.74. The lowest BCUT2D eigenvalue weighted by molar-refractivity contribution is -0.144. The lowest BCUT2D eigenvalue weighted by Crippen LogP contribution is -2.44. The van der Waals surface area contributed by atoms with Crippen LogP contribution in [0.5, 0.6) is 0 Å². The SMILES string of the molecule is CC(C)N(CCC#N)C(=O)NOCC(=O)O. The van der Waals surface area contributed by atoms with Gasteiger partial charge in [0.25, 0.3) is 0 Å². The molecule has 0 saturated carbocycles. The summed E-state index contributed by atoms with van der Waals surface area (Å²) in [5, 5.41) is 16.7. The second-order valence-corrected chi connectivity index (χ2v) is 3.28. The molecule has 0 rings (SSSR count). The number of aliphatic carboxylic acids is 1. The van der Waals surface area contributed by atoms with Crippen LogP contribution in [0.15, 0.2) is 0 Å². The second kappa shape index (κ2) is 7.48. The van der Waals surface area contributed by atoms with Gasteiger partial charge in [0.1, 0.15) is 0 Å². The van der Waals surface area contributed by atoms with Crippen molar-refractivity contribution in [1.82, 2.24) is 10.4 Å². The van der Waals surface area contributed by atoms with E-state index in [1.807, 2.05) is 11.5 Å². The van der Waals surface area contributed by atoms with Crippen molar-refractivity contribution in [2.24, 2.45) is 0 Å². The number of hydroxylamine groups is 1. The molecule has 16 heavy (non-hydrogen) atoms. The van der Waals surface area contributed by atoms with Crippen LogP contribution in [0.4, 0.5) is 4.79 Å². The van der Waals surface area contributed by atoms with Crippen LogP contribution in [0, 0.1) is 11.3 Å². The third-order valence-electron chi connectivity index (χ3n) is 1.70. The minimum Gasteiger partial charge on any atom is -0.479 e. The molecule has 0 spiro atoms. The molecule has 7 heteroatoms. The molecule has 7 nitrogen and oxygen atoms in total. The van der Waals surface area contributed by atoms with Crippen LogP contribution in [0.2, 0.25) is 0 Å². The summed E-state index contributed by atoms with van der Waals surface area (Å²) >= 11 is 0. The van der Waals surface area contributed by atoms with Gasteiger partial charge in [0.2, 0.25) is 0 Å². The van der Waals surface area contributed by atoms with E-state index >= 15 is 0 Å². The predicted molar refractivity (Wildman–Crippen MR) is 54.2 cm³/mol. The lowest BCUT2D eigenvalue weighted by atomic mass is 10.3. The number of urea groups is 1. The van der Waals surface area contributed by atoms with Gasteiger partial charge in [-0.2, -0.15) is 5.26 Å². The molecule has 0 aliphatic carbocycles. The van der Waals surface area contributed by atoms with Gasteiger partial charge in [0, 0.05) is 12.6 Å². The average molecular weight is 229 g/mol. The molecular weight excluding hydrogens is 214 g/mol. The van der Waals surface area contributed by atoms with Crippen molar-refractivity contribution < 1.29 is 19.5 Å². The Kier molecular flexibility index (Phi) is 6.63. The molecule has 0 aromatic heterocycles. The monoisotopic (exact) mass is 229 g/mol. The van der Waals surface area contributed by atoms with Crippen molar-refractivity contribution in [3.05, 3.63) is 0 Å². The van der Waals surface area contributed by atoms with E-state index in [0.29, 0.717) is 0 Å². The lowest BCUT2D eigenvalue weighted by Gasteiger charge is -2.25. The van der Waals surface area contributed by atoms with Gasteiger partial charge in [-0.3, -0.25) is 4.84 Å². The molecule has 0 aromatic carbocycles. The zero-order valence-electron chi connectivity index (χ0n) is 9.27.